The first-order valence-electron chi connectivity index (χ1n) is 6.28. The number of carboxylic acids is 1. The minimum absolute atomic E-state index is 0.0666. The summed E-state index contributed by atoms with van der Waals surface area (Å²) in [4.78, 5) is 22.2. The number of carbonyl (C=O) groups is 2. The molecule has 8 nitrogen and oxygen atoms in total. The number of ether oxygens (including phenoxy) is 1. The van der Waals surface area contributed by atoms with Crippen LogP contribution in [0.4, 0.5) is 0 Å². The predicted molar refractivity (Wildman–Crippen MR) is 73.5 cm³/mol. The van der Waals surface area contributed by atoms with Crippen LogP contribution in [0.3, 0.4) is 0 Å². The molecule has 0 fully saturated rings. The lowest BCUT2D eigenvalue weighted by Crippen LogP contribution is -2.35. The van der Waals surface area contributed by atoms with Crippen LogP contribution in [0.1, 0.15) is 24.3 Å². The third-order valence-electron chi connectivity index (χ3n) is 2.95. The summed E-state index contributed by atoms with van der Waals surface area (Å²) in [6.07, 6.45) is 1.25. The van der Waals surface area contributed by atoms with E-state index in [1.165, 1.54) is 17.9 Å². The Morgan fingerprint density at radius 3 is 2.38 bits per heavy atom. The van der Waals surface area contributed by atoms with Gasteiger partial charge in [0.1, 0.15) is 17.1 Å². The van der Waals surface area contributed by atoms with Crippen molar-refractivity contribution in [3.63, 3.8) is 0 Å². The van der Waals surface area contributed by atoms with Gasteiger partial charge in [0.25, 0.3) is 0 Å². The van der Waals surface area contributed by atoms with Gasteiger partial charge < -0.3 is 14.4 Å². The smallest absolute Gasteiger partial charge is 0.352 e. The molecule has 1 aromatic rings. The number of carboxylic acid groups (broad SMARTS) is 1. The fraction of sp³-hybridized carbons (Fsp3) is 0.500. The number of rotatable bonds is 7. The third-order valence-corrected chi connectivity index (χ3v) is 4.84. The van der Waals surface area contributed by atoms with Gasteiger partial charge in [-0.25, -0.2) is 13.2 Å². The number of esters is 1. The topological polar surface area (TPSA) is 106 Å². The second-order valence-corrected chi connectivity index (χ2v) is 6.10. The molecule has 0 amide bonds. The van der Waals surface area contributed by atoms with Crippen LogP contribution in [0, 0.1) is 0 Å². The summed E-state index contributed by atoms with van der Waals surface area (Å²) in [5, 5.41) is 9.05. The zero-order chi connectivity index (χ0) is 16.2. The average Bonchev–Trinajstić information content (AvgIpc) is 2.89. The highest BCUT2D eigenvalue weighted by molar-refractivity contribution is 7.89. The maximum absolute atomic E-state index is 12.4. The van der Waals surface area contributed by atoms with E-state index in [-0.39, 0.29) is 17.1 Å². The Morgan fingerprint density at radius 2 is 2.00 bits per heavy atom. The Balaban J connectivity index is 3.23. The number of carbonyl (C=O) groups excluding carboxylic acids is 1. The van der Waals surface area contributed by atoms with Gasteiger partial charge in [0.15, 0.2) is 0 Å². The van der Waals surface area contributed by atoms with Crippen LogP contribution in [-0.4, -0.2) is 54.5 Å². The maximum Gasteiger partial charge on any atom is 0.352 e. The van der Waals surface area contributed by atoms with E-state index in [0.717, 1.165) is 10.4 Å². The molecule has 0 spiro atoms. The van der Waals surface area contributed by atoms with Crippen molar-refractivity contribution < 1.29 is 27.9 Å². The summed E-state index contributed by atoms with van der Waals surface area (Å²) in [7, 11) is -2.79. The normalized spacial score (nSPS) is 11.6. The highest BCUT2D eigenvalue weighted by atomic mass is 32.2. The Hall–Kier alpha value is -1.87. The van der Waals surface area contributed by atoms with Crippen molar-refractivity contribution in [2.75, 3.05) is 20.2 Å². The van der Waals surface area contributed by atoms with E-state index in [4.69, 9.17) is 5.11 Å². The van der Waals surface area contributed by atoms with Gasteiger partial charge in [-0.1, -0.05) is 6.92 Å². The molecule has 21 heavy (non-hydrogen) atoms. The van der Waals surface area contributed by atoms with Gasteiger partial charge in [-0.15, -0.1) is 0 Å². The molecule has 1 rings (SSSR count). The van der Waals surface area contributed by atoms with Crippen molar-refractivity contribution in [2.24, 2.45) is 0 Å². The number of hydrogen-bond donors (Lipinski definition) is 1. The standard InChI is InChI=1S/C12H18N2O6S/c1-4-13-7-9(6-10(13)12(16)17)21(18,19)14(5-2)8-11(15)20-3/h6-7H,4-5,8H2,1-3H3,(H,16,17). The van der Waals surface area contributed by atoms with Crippen LogP contribution < -0.4 is 0 Å². The van der Waals surface area contributed by atoms with E-state index in [1.807, 2.05) is 0 Å². The number of likely N-dealkylation sites (N-methyl/N-ethyl adjacent to an activating group) is 1. The van der Waals surface area contributed by atoms with Gasteiger partial charge in [-0.3, -0.25) is 4.79 Å². The van der Waals surface area contributed by atoms with Gasteiger partial charge in [-0.05, 0) is 13.0 Å². The quantitative estimate of drug-likeness (QED) is 0.729. The molecular weight excluding hydrogens is 300 g/mol. The second kappa shape index (κ2) is 6.72. The van der Waals surface area contributed by atoms with Crippen LogP contribution in [0.25, 0.3) is 0 Å². The van der Waals surface area contributed by atoms with Crippen molar-refractivity contribution >= 4 is 22.0 Å². The van der Waals surface area contributed by atoms with E-state index in [1.54, 1.807) is 13.8 Å². The lowest BCUT2D eigenvalue weighted by Gasteiger charge is -2.18. The molecule has 0 aromatic carbocycles. The van der Waals surface area contributed by atoms with Crippen molar-refractivity contribution in [2.45, 2.75) is 25.3 Å². The molecule has 0 aliphatic carbocycles. The molecule has 1 aromatic heterocycles. The van der Waals surface area contributed by atoms with Gasteiger partial charge in [0, 0.05) is 19.3 Å². The number of methoxy groups -OCH3 is 1. The summed E-state index contributed by atoms with van der Waals surface area (Å²) in [6.45, 7) is 3.25. The van der Waals surface area contributed by atoms with Crippen molar-refractivity contribution in [1.29, 1.82) is 0 Å². The SMILES string of the molecule is CCN(CC(=O)OC)S(=O)(=O)c1cc(C(=O)O)n(CC)c1. The molecule has 0 saturated carbocycles. The number of aromatic nitrogens is 1. The molecule has 1 N–H and O–H groups in total. The lowest BCUT2D eigenvalue weighted by atomic mass is 10.4. The van der Waals surface area contributed by atoms with Crippen molar-refractivity contribution in [3.8, 4) is 0 Å². The van der Waals surface area contributed by atoms with E-state index in [2.05, 4.69) is 4.74 Å². The number of hydrogen-bond acceptors (Lipinski definition) is 5. The van der Waals surface area contributed by atoms with Crippen LogP contribution in [0.2, 0.25) is 0 Å². The van der Waals surface area contributed by atoms with E-state index < -0.39 is 28.5 Å². The van der Waals surface area contributed by atoms with Crippen LogP contribution in [0.15, 0.2) is 17.2 Å². The van der Waals surface area contributed by atoms with E-state index in [9.17, 15) is 18.0 Å². The number of aromatic carboxylic acids is 1. The fourth-order valence-corrected chi connectivity index (χ4v) is 3.22. The Bertz CT molecular complexity index is 634. The molecule has 9 heteroatoms. The van der Waals surface area contributed by atoms with Gasteiger partial charge in [-0.2, -0.15) is 4.31 Å². The summed E-state index contributed by atoms with van der Waals surface area (Å²) < 4.78 is 31.6. The highest BCUT2D eigenvalue weighted by Crippen LogP contribution is 2.19. The lowest BCUT2D eigenvalue weighted by molar-refractivity contribution is -0.140. The second-order valence-electron chi connectivity index (χ2n) is 4.16. The molecule has 0 saturated heterocycles. The molecule has 1 heterocycles. The molecule has 0 bridgehead atoms. The van der Waals surface area contributed by atoms with Crippen LogP contribution >= 0.6 is 0 Å². The summed E-state index contributed by atoms with van der Waals surface area (Å²) >= 11 is 0. The summed E-state index contributed by atoms with van der Waals surface area (Å²) in [5.74, 6) is -1.90. The first-order valence-corrected chi connectivity index (χ1v) is 7.72. The third kappa shape index (κ3) is 3.61. The number of nitrogens with zero attached hydrogens (tertiary/aromatic N) is 2. The van der Waals surface area contributed by atoms with Gasteiger partial charge >= 0.3 is 11.9 Å². The van der Waals surface area contributed by atoms with E-state index >= 15 is 0 Å². The van der Waals surface area contributed by atoms with Gasteiger partial charge in [0.05, 0.1) is 7.11 Å². The number of aryl methyl sites for hydroxylation is 1. The maximum atomic E-state index is 12.4. The Morgan fingerprint density at radius 1 is 1.38 bits per heavy atom. The van der Waals surface area contributed by atoms with Crippen LogP contribution in [-0.2, 0) is 26.1 Å². The monoisotopic (exact) mass is 318 g/mol. The molecule has 0 unspecified atom stereocenters. The zero-order valence-corrected chi connectivity index (χ0v) is 12.9. The van der Waals surface area contributed by atoms with Gasteiger partial charge in [0.2, 0.25) is 10.0 Å². The minimum Gasteiger partial charge on any atom is -0.477 e. The number of sulfonamides is 1. The molecule has 0 aliphatic heterocycles. The minimum atomic E-state index is -3.95. The van der Waals surface area contributed by atoms with Crippen molar-refractivity contribution in [3.05, 3.63) is 18.0 Å². The first-order chi connectivity index (χ1) is 9.77. The van der Waals surface area contributed by atoms with Crippen LogP contribution in [0.5, 0.6) is 0 Å². The first kappa shape index (κ1) is 17.2. The average molecular weight is 318 g/mol. The summed E-state index contributed by atoms with van der Waals surface area (Å²) in [5.41, 5.74) is -0.120. The fourth-order valence-electron chi connectivity index (χ4n) is 1.79. The Kier molecular flexibility index (Phi) is 5.50. The highest BCUT2D eigenvalue weighted by Gasteiger charge is 2.28. The predicted octanol–water partition coefficient (Wildman–Crippen LogP) is 0.390. The Labute approximate surface area is 123 Å². The largest absolute Gasteiger partial charge is 0.477 e. The molecule has 118 valence electrons. The van der Waals surface area contributed by atoms with Crippen molar-refractivity contribution in [1.82, 2.24) is 8.87 Å². The molecule has 0 radical (unpaired) electrons. The van der Waals surface area contributed by atoms with E-state index in [0.29, 0.717) is 6.54 Å². The zero-order valence-electron chi connectivity index (χ0n) is 12.1. The molecule has 0 atom stereocenters. The molecule has 0 aliphatic rings. The summed E-state index contributed by atoms with van der Waals surface area (Å²) in [6, 6.07) is 1.08. The molecular formula is C12H18N2O6S.